The highest BCUT2D eigenvalue weighted by atomic mass is 35.5. The van der Waals surface area contributed by atoms with E-state index < -0.39 is 5.91 Å². The number of likely N-dealkylation sites (N-methyl/N-ethyl adjacent to an activating group) is 1. The molecule has 24 heavy (non-hydrogen) atoms. The van der Waals surface area contributed by atoms with Crippen LogP contribution in [0.15, 0.2) is 36.4 Å². The number of phenolic OH excluding ortho intramolecular Hbond substituents is 1. The van der Waals surface area contributed by atoms with Crippen LogP contribution in [0.25, 0.3) is 0 Å². The highest BCUT2D eigenvalue weighted by Crippen LogP contribution is 2.23. The van der Waals surface area contributed by atoms with Crippen LogP contribution in [0.3, 0.4) is 0 Å². The summed E-state index contributed by atoms with van der Waals surface area (Å²) in [7, 11) is 1.49. The van der Waals surface area contributed by atoms with Gasteiger partial charge in [0.25, 0.3) is 5.91 Å². The van der Waals surface area contributed by atoms with E-state index in [1.165, 1.54) is 30.1 Å². The van der Waals surface area contributed by atoms with Crippen LogP contribution in [-0.2, 0) is 4.79 Å². The molecule has 2 aromatic carbocycles. The maximum Gasteiger partial charge on any atom is 0.257 e. The monoisotopic (exact) mass is 346 g/mol. The number of benzene rings is 2. The summed E-state index contributed by atoms with van der Waals surface area (Å²) in [5.74, 6) is -0.974. The predicted octanol–water partition coefficient (Wildman–Crippen LogP) is 3.37. The van der Waals surface area contributed by atoms with Crippen molar-refractivity contribution in [2.24, 2.45) is 0 Å². The molecule has 0 heterocycles. The number of aromatic hydroxyl groups is 1. The summed E-state index contributed by atoms with van der Waals surface area (Å²) in [6.07, 6.45) is 0. The standard InChI is InChI=1S/C18H19ClN2O3/c1-11-5-4-6-15(12(11)2)20-17(23)10-21(3)18(24)14-9-13(19)7-8-16(14)22/h4-9,22H,10H2,1-3H3,(H,20,23). The highest BCUT2D eigenvalue weighted by Gasteiger charge is 2.19. The summed E-state index contributed by atoms with van der Waals surface area (Å²) in [5, 5.41) is 12.9. The van der Waals surface area contributed by atoms with Gasteiger partial charge < -0.3 is 15.3 Å². The molecule has 0 bridgehead atoms. The quantitative estimate of drug-likeness (QED) is 0.891. The zero-order valence-corrected chi connectivity index (χ0v) is 14.5. The number of carbonyl (C=O) groups excluding carboxylic acids is 2. The Morgan fingerprint density at radius 1 is 1.21 bits per heavy atom. The third-order valence-electron chi connectivity index (χ3n) is 3.80. The zero-order chi connectivity index (χ0) is 17.9. The summed E-state index contributed by atoms with van der Waals surface area (Å²) in [5.41, 5.74) is 2.82. The second-order valence-corrected chi connectivity index (χ2v) is 6.05. The maximum atomic E-state index is 12.4. The zero-order valence-electron chi connectivity index (χ0n) is 13.8. The molecule has 0 unspecified atom stereocenters. The first-order chi connectivity index (χ1) is 11.3. The average Bonchev–Trinajstić information content (AvgIpc) is 2.53. The van der Waals surface area contributed by atoms with Crippen LogP contribution in [0, 0.1) is 13.8 Å². The van der Waals surface area contributed by atoms with Gasteiger partial charge in [0.2, 0.25) is 5.91 Å². The molecule has 2 aromatic rings. The van der Waals surface area contributed by atoms with E-state index in [1.807, 2.05) is 32.0 Å². The Morgan fingerprint density at radius 2 is 1.92 bits per heavy atom. The molecule has 2 rings (SSSR count). The molecule has 0 spiro atoms. The molecule has 0 aliphatic carbocycles. The largest absolute Gasteiger partial charge is 0.507 e. The van der Waals surface area contributed by atoms with E-state index in [4.69, 9.17) is 11.6 Å². The first-order valence-electron chi connectivity index (χ1n) is 7.39. The molecule has 0 aromatic heterocycles. The summed E-state index contributed by atoms with van der Waals surface area (Å²) in [4.78, 5) is 25.8. The van der Waals surface area contributed by atoms with E-state index in [2.05, 4.69) is 5.32 Å². The molecular weight excluding hydrogens is 328 g/mol. The van der Waals surface area contributed by atoms with Crippen LogP contribution < -0.4 is 5.32 Å². The fourth-order valence-corrected chi connectivity index (χ4v) is 2.42. The van der Waals surface area contributed by atoms with Gasteiger partial charge in [0.1, 0.15) is 5.75 Å². The van der Waals surface area contributed by atoms with E-state index in [9.17, 15) is 14.7 Å². The molecule has 0 radical (unpaired) electrons. The summed E-state index contributed by atoms with van der Waals surface area (Å²) in [6.45, 7) is 3.74. The van der Waals surface area contributed by atoms with Crippen molar-refractivity contribution < 1.29 is 14.7 Å². The Hall–Kier alpha value is -2.53. The van der Waals surface area contributed by atoms with Gasteiger partial charge in [-0.3, -0.25) is 9.59 Å². The molecule has 0 saturated carbocycles. The lowest BCUT2D eigenvalue weighted by Gasteiger charge is -2.18. The lowest BCUT2D eigenvalue weighted by molar-refractivity contribution is -0.116. The number of halogens is 1. The van der Waals surface area contributed by atoms with Crippen molar-refractivity contribution in [3.8, 4) is 5.75 Å². The molecule has 2 N–H and O–H groups in total. The van der Waals surface area contributed by atoms with Gasteiger partial charge in [-0.25, -0.2) is 0 Å². The number of phenols is 1. The topological polar surface area (TPSA) is 69.6 Å². The fourth-order valence-electron chi connectivity index (χ4n) is 2.25. The van der Waals surface area contributed by atoms with Gasteiger partial charge in [0, 0.05) is 17.8 Å². The van der Waals surface area contributed by atoms with Crippen LogP contribution in [0.1, 0.15) is 21.5 Å². The first-order valence-corrected chi connectivity index (χ1v) is 7.77. The Bertz CT molecular complexity index is 790. The second kappa shape index (κ2) is 7.36. The molecule has 0 aliphatic rings. The Balaban J connectivity index is 2.07. The van der Waals surface area contributed by atoms with Crippen molar-refractivity contribution in [2.45, 2.75) is 13.8 Å². The van der Waals surface area contributed by atoms with Crippen LogP contribution in [0.2, 0.25) is 5.02 Å². The van der Waals surface area contributed by atoms with Crippen molar-refractivity contribution in [3.63, 3.8) is 0 Å². The van der Waals surface area contributed by atoms with Crippen LogP contribution in [0.4, 0.5) is 5.69 Å². The number of nitrogens with zero attached hydrogens (tertiary/aromatic N) is 1. The average molecular weight is 347 g/mol. The summed E-state index contributed by atoms with van der Waals surface area (Å²) < 4.78 is 0. The number of amides is 2. The Morgan fingerprint density at radius 3 is 2.62 bits per heavy atom. The van der Waals surface area contributed by atoms with Crippen molar-refractivity contribution in [1.82, 2.24) is 4.90 Å². The first kappa shape index (κ1) is 17.8. The molecule has 5 nitrogen and oxygen atoms in total. The minimum atomic E-state index is -0.480. The normalized spacial score (nSPS) is 10.3. The van der Waals surface area contributed by atoms with E-state index >= 15 is 0 Å². The smallest absolute Gasteiger partial charge is 0.257 e. The minimum absolute atomic E-state index is 0.0598. The second-order valence-electron chi connectivity index (χ2n) is 5.62. The van der Waals surface area contributed by atoms with Crippen LogP contribution in [-0.4, -0.2) is 35.4 Å². The van der Waals surface area contributed by atoms with E-state index in [-0.39, 0.29) is 23.8 Å². The van der Waals surface area contributed by atoms with Gasteiger partial charge in [-0.05, 0) is 49.2 Å². The number of aryl methyl sites for hydroxylation is 1. The number of anilines is 1. The van der Waals surface area contributed by atoms with E-state index in [0.717, 1.165) is 11.1 Å². The van der Waals surface area contributed by atoms with Crippen LogP contribution in [0.5, 0.6) is 5.75 Å². The lowest BCUT2D eigenvalue weighted by atomic mass is 10.1. The van der Waals surface area contributed by atoms with E-state index in [0.29, 0.717) is 10.7 Å². The Labute approximate surface area is 145 Å². The van der Waals surface area contributed by atoms with Gasteiger partial charge in [-0.2, -0.15) is 0 Å². The molecule has 0 aliphatic heterocycles. The van der Waals surface area contributed by atoms with Gasteiger partial charge in [0.15, 0.2) is 0 Å². The minimum Gasteiger partial charge on any atom is -0.507 e. The highest BCUT2D eigenvalue weighted by molar-refractivity contribution is 6.31. The van der Waals surface area contributed by atoms with Crippen LogP contribution >= 0.6 is 11.6 Å². The van der Waals surface area contributed by atoms with Crippen molar-refractivity contribution >= 4 is 29.1 Å². The number of hydrogen-bond acceptors (Lipinski definition) is 3. The molecular formula is C18H19ClN2O3. The fraction of sp³-hybridized carbons (Fsp3) is 0.222. The number of hydrogen-bond donors (Lipinski definition) is 2. The maximum absolute atomic E-state index is 12.4. The van der Waals surface area contributed by atoms with Gasteiger partial charge in [0.05, 0.1) is 12.1 Å². The lowest BCUT2D eigenvalue weighted by Crippen LogP contribution is -2.35. The number of carbonyl (C=O) groups is 2. The molecule has 2 amide bonds. The molecule has 126 valence electrons. The van der Waals surface area contributed by atoms with Crippen molar-refractivity contribution in [3.05, 3.63) is 58.1 Å². The molecule has 0 atom stereocenters. The van der Waals surface area contributed by atoms with Crippen molar-refractivity contribution in [1.29, 1.82) is 0 Å². The summed E-state index contributed by atoms with van der Waals surface area (Å²) >= 11 is 5.85. The third kappa shape index (κ3) is 4.06. The van der Waals surface area contributed by atoms with Gasteiger partial charge in [-0.1, -0.05) is 23.7 Å². The number of rotatable bonds is 4. The molecule has 0 saturated heterocycles. The molecule has 0 fully saturated rings. The summed E-state index contributed by atoms with van der Waals surface area (Å²) in [6, 6.07) is 9.84. The molecule has 6 heteroatoms. The van der Waals surface area contributed by atoms with E-state index in [1.54, 1.807) is 0 Å². The SMILES string of the molecule is Cc1cccc(NC(=O)CN(C)C(=O)c2cc(Cl)ccc2O)c1C. The Kier molecular flexibility index (Phi) is 5.46. The van der Waals surface area contributed by atoms with Gasteiger partial charge in [-0.15, -0.1) is 0 Å². The van der Waals surface area contributed by atoms with Gasteiger partial charge >= 0.3 is 0 Å². The third-order valence-corrected chi connectivity index (χ3v) is 4.03. The predicted molar refractivity (Wildman–Crippen MR) is 94.6 cm³/mol. The van der Waals surface area contributed by atoms with Crippen molar-refractivity contribution in [2.75, 3.05) is 18.9 Å². The number of nitrogens with one attached hydrogen (secondary N) is 1.